The lowest BCUT2D eigenvalue weighted by molar-refractivity contribution is -0.153. The highest BCUT2D eigenvalue weighted by molar-refractivity contribution is 7.89. The van der Waals surface area contributed by atoms with Crippen LogP contribution >= 0.6 is 11.6 Å². The van der Waals surface area contributed by atoms with Gasteiger partial charge in [-0.1, -0.05) is 29.8 Å². The van der Waals surface area contributed by atoms with Crippen molar-refractivity contribution < 1.29 is 22.7 Å². The van der Waals surface area contributed by atoms with Gasteiger partial charge >= 0.3 is 0 Å². The highest BCUT2D eigenvalue weighted by atomic mass is 35.5. The summed E-state index contributed by atoms with van der Waals surface area (Å²) in [6, 6.07) is 7.41. The number of rotatable bonds is 8. The van der Waals surface area contributed by atoms with E-state index >= 15 is 0 Å². The van der Waals surface area contributed by atoms with E-state index in [2.05, 4.69) is 21.6 Å². The van der Waals surface area contributed by atoms with Crippen LogP contribution in [-0.2, 0) is 31.4 Å². The summed E-state index contributed by atoms with van der Waals surface area (Å²) in [5.41, 5.74) is 0.982. The molecule has 0 bridgehead atoms. The molecule has 2 atom stereocenters. The molecule has 6 rings (SSSR count). The highest BCUT2D eigenvalue weighted by Crippen LogP contribution is 2.33. The minimum Gasteiger partial charge on any atom is -0.378 e. The molecule has 1 N–H and O–H groups in total. The average Bonchev–Trinajstić information content (AvgIpc) is 3.43. The molecule has 0 saturated carbocycles. The first-order valence-electron chi connectivity index (χ1n) is 15.4. The molecule has 46 heavy (non-hydrogen) atoms. The van der Waals surface area contributed by atoms with Gasteiger partial charge in [-0.15, -0.1) is 6.58 Å². The molecule has 3 saturated heterocycles. The lowest BCUT2D eigenvalue weighted by atomic mass is 9.95. The second kappa shape index (κ2) is 13.2. The summed E-state index contributed by atoms with van der Waals surface area (Å²) in [5.74, 6) is 0.140. The number of carbonyl (C=O) groups is 2. The molecule has 1 aromatic carbocycles. The zero-order valence-electron chi connectivity index (χ0n) is 25.7. The normalized spacial score (nSPS) is 21.1. The number of H-pyrrole nitrogens is 1. The van der Waals surface area contributed by atoms with Crippen LogP contribution in [0.1, 0.15) is 23.7 Å². The SMILES string of the molecule is C=CC(c1ccc2c(Cl)c[nH]c2c1)S(=O)(=O)N1CC(=O)N(CC2CCN(c3ccc(=O)n(C)n3)CC2)C(C(=O)N2CCOCC2)C1. The standard InChI is InChI=1S/C31H38ClN7O6S/c1-3-27(22-4-5-23-24(32)17-33-25(23)16-22)46(43,44)38-19-26(31(42)37-12-14-45-15-13-37)39(30(41)20-38)18-21-8-10-36(11-9-21)28-6-7-29(40)35(2)34-28/h3-7,16-17,21,26-27,33H,1,8-15,18-20H2,2H3. The van der Waals surface area contributed by atoms with Crippen LogP contribution in [-0.4, -0.2) is 114 Å². The fraction of sp³-hybridized carbons (Fsp3) is 0.484. The maximum Gasteiger partial charge on any atom is 0.266 e. The van der Waals surface area contributed by atoms with Crippen molar-refractivity contribution in [1.82, 2.24) is 28.9 Å². The van der Waals surface area contributed by atoms with Crippen molar-refractivity contribution in [2.45, 2.75) is 24.1 Å². The van der Waals surface area contributed by atoms with Gasteiger partial charge < -0.3 is 24.4 Å². The van der Waals surface area contributed by atoms with Crippen LogP contribution in [0, 0.1) is 5.92 Å². The molecule has 5 heterocycles. The van der Waals surface area contributed by atoms with E-state index in [1.54, 1.807) is 47.3 Å². The van der Waals surface area contributed by atoms with E-state index < -0.39 is 27.2 Å². The Morgan fingerprint density at radius 3 is 2.59 bits per heavy atom. The van der Waals surface area contributed by atoms with Gasteiger partial charge in [-0.3, -0.25) is 14.4 Å². The summed E-state index contributed by atoms with van der Waals surface area (Å²) in [6.45, 7) is 6.52. The van der Waals surface area contributed by atoms with Gasteiger partial charge in [0.25, 0.3) is 5.56 Å². The second-order valence-electron chi connectivity index (χ2n) is 12.0. The summed E-state index contributed by atoms with van der Waals surface area (Å²) >= 11 is 6.23. The predicted molar refractivity (Wildman–Crippen MR) is 174 cm³/mol. The number of piperazine rings is 1. The number of benzene rings is 1. The van der Waals surface area contributed by atoms with Gasteiger partial charge in [0.2, 0.25) is 21.8 Å². The Kier molecular flexibility index (Phi) is 9.24. The molecule has 2 amide bonds. The number of nitrogens with zero attached hydrogens (tertiary/aromatic N) is 6. The molecular formula is C31H38ClN7O6S. The first-order valence-corrected chi connectivity index (χ1v) is 17.3. The Morgan fingerprint density at radius 2 is 1.89 bits per heavy atom. The second-order valence-corrected chi connectivity index (χ2v) is 14.5. The summed E-state index contributed by atoms with van der Waals surface area (Å²) in [4.78, 5) is 48.0. The van der Waals surface area contributed by atoms with E-state index in [9.17, 15) is 22.8 Å². The minimum absolute atomic E-state index is 0.108. The van der Waals surface area contributed by atoms with Gasteiger partial charge in [-0.25, -0.2) is 13.1 Å². The minimum atomic E-state index is -4.13. The Morgan fingerprint density at radius 1 is 1.15 bits per heavy atom. The summed E-state index contributed by atoms with van der Waals surface area (Å²) in [7, 11) is -2.52. The maximum absolute atomic E-state index is 14.1. The van der Waals surface area contributed by atoms with E-state index in [-0.39, 0.29) is 30.5 Å². The monoisotopic (exact) mass is 671 g/mol. The van der Waals surface area contributed by atoms with E-state index in [4.69, 9.17) is 16.3 Å². The number of carbonyl (C=O) groups excluding carboxylic acids is 2. The summed E-state index contributed by atoms with van der Waals surface area (Å²) in [6.07, 6.45) is 4.49. The fourth-order valence-corrected chi connectivity index (χ4v) is 8.47. The molecule has 15 heteroatoms. The van der Waals surface area contributed by atoms with Gasteiger partial charge in [0.05, 0.1) is 24.8 Å². The number of ether oxygens (including phenoxy) is 1. The third kappa shape index (κ3) is 6.31. The highest BCUT2D eigenvalue weighted by Gasteiger charge is 2.45. The average molecular weight is 672 g/mol. The van der Waals surface area contributed by atoms with Crippen molar-refractivity contribution >= 4 is 50.2 Å². The number of aryl methyl sites for hydroxylation is 1. The van der Waals surface area contributed by atoms with Crippen LogP contribution in [0.25, 0.3) is 10.9 Å². The number of piperidine rings is 1. The first kappa shape index (κ1) is 32.2. The van der Waals surface area contributed by atoms with E-state index in [0.717, 1.165) is 22.5 Å². The maximum atomic E-state index is 14.1. The Bertz CT molecular complexity index is 1800. The molecule has 2 unspecified atom stereocenters. The third-order valence-electron chi connectivity index (χ3n) is 9.21. The van der Waals surface area contributed by atoms with Gasteiger partial charge in [-0.2, -0.15) is 9.40 Å². The zero-order valence-corrected chi connectivity index (χ0v) is 27.3. The Balaban J connectivity index is 1.21. The number of morpholine rings is 1. The number of hydrogen-bond acceptors (Lipinski definition) is 8. The fourth-order valence-electron chi connectivity index (χ4n) is 6.56. The number of fused-ring (bicyclic) bond motifs is 1. The zero-order chi connectivity index (χ0) is 32.6. The van der Waals surface area contributed by atoms with E-state index in [1.165, 1.54) is 16.8 Å². The van der Waals surface area contributed by atoms with Crippen molar-refractivity contribution in [2.75, 3.05) is 63.9 Å². The number of aromatic nitrogens is 3. The lowest BCUT2D eigenvalue weighted by Crippen LogP contribution is -2.64. The van der Waals surface area contributed by atoms with Crippen molar-refractivity contribution in [1.29, 1.82) is 0 Å². The molecule has 246 valence electrons. The number of hydrogen-bond donors (Lipinski definition) is 1. The predicted octanol–water partition coefficient (Wildman–Crippen LogP) is 1.76. The van der Waals surface area contributed by atoms with Crippen molar-refractivity contribution in [3.8, 4) is 0 Å². The Labute approximate surface area is 272 Å². The van der Waals surface area contributed by atoms with Gasteiger partial charge in [-0.05, 0) is 36.5 Å². The van der Waals surface area contributed by atoms with Crippen molar-refractivity contribution in [3.05, 3.63) is 70.1 Å². The summed E-state index contributed by atoms with van der Waals surface area (Å²) in [5, 5.41) is 4.52. The quantitative estimate of drug-likeness (QED) is 0.358. The number of amides is 2. The number of halogens is 1. The van der Waals surface area contributed by atoms with Gasteiger partial charge in [0, 0.05) is 69.5 Å². The molecule has 2 aromatic heterocycles. The molecule has 13 nitrogen and oxygen atoms in total. The molecule has 0 aliphatic carbocycles. The third-order valence-corrected chi connectivity index (χ3v) is 11.6. The molecule has 3 aliphatic heterocycles. The first-order chi connectivity index (χ1) is 22.1. The lowest BCUT2D eigenvalue weighted by Gasteiger charge is -2.44. The topological polar surface area (TPSA) is 141 Å². The molecule has 3 aliphatic rings. The number of nitrogens with one attached hydrogen (secondary N) is 1. The van der Waals surface area contributed by atoms with Crippen LogP contribution in [0.5, 0.6) is 0 Å². The van der Waals surface area contributed by atoms with Crippen LogP contribution < -0.4 is 10.5 Å². The van der Waals surface area contributed by atoms with Gasteiger partial charge in [0.1, 0.15) is 17.1 Å². The van der Waals surface area contributed by atoms with E-state index in [1.807, 2.05) is 0 Å². The largest absolute Gasteiger partial charge is 0.378 e. The molecule has 0 radical (unpaired) electrons. The molecular weight excluding hydrogens is 634 g/mol. The van der Waals surface area contributed by atoms with Crippen LogP contribution in [0.3, 0.4) is 0 Å². The summed E-state index contributed by atoms with van der Waals surface area (Å²) < 4.78 is 36.1. The number of sulfonamides is 1. The van der Waals surface area contributed by atoms with Gasteiger partial charge in [0.15, 0.2) is 0 Å². The van der Waals surface area contributed by atoms with Crippen molar-refractivity contribution in [3.63, 3.8) is 0 Å². The van der Waals surface area contributed by atoms with E-state index in [0.29, 0.717) is 67.9 Å². The molecule has 0 spiro atoms. The number of anilines is 1. The smallest absolute Gasteiger partial charge is 0.266 e. The van der Waals surface area contributed by atoms with Crippen LogP contribution in [0.2, 0.25) is 5.02 Å². The van der Waals surface area contributed by atoms with Crippen molar-refractivity contribution in [2.24, 2.45) is 13.0 Å². The van der Waals surface area contributed by atoms with Crippen LogP contribution in [0.15, 0.2) is 54.0 Å². The molecule has 3 fully saturated rings. The van der Waals surface area contributed by atoms with Crippen LogP contribution in [0.4, 0.5) is 5.82 Å². The molecule has 3 aromatic rings. The Hall–Kier alpha value is -3.72. The number of aromatic amines is 1.